The number of esters is 1. The maximum Gasteiger partial charge on any atom is 0.305 e. The Kier molecular flexibility index (Phi) is 4.38. The van der Waals surface area contributed by atoms with Gasteiger partial charge in [-0.3, -0.25) is 19.9 Å². The highest BCUT2D eigenvalue weighted by atomic mass is 16.6. The van der Waals surface area contributed by atoms with Crippen molar-refractivity contribution in [3.05, 3.63) is 34.1 Å². The molecule has 1 aromatic rings. The molecule has 1 aromatic heterocycles. The van der Waals surface area contributed by atoms with E-state index in [9.17, 15) is 14.9 Å². The van der Waals surface area contributed by atoms with Crippen molar-refractivity contribution in [2.45, 2.75) is 19.3 Å². The first-order valence-electron chi connectivity index (χ1n) is 4.79. The average Bonchev–Trinajstić information content (AvgIpc) is 2.29. The van der Waals surface area contributed by atoms with Gasteiger partial charge >= 0.3 is 5.97 Å². The summed E-state index contributed by atoms with van der Waals surface area (Å²) in [4.78, 5) is 24.6. The van der Waals surface area contributed by atoms with Crippen LogP contribution in [0.2, 0.25) is 0 Å². The van der Waals surface area contributed by atoms with Gasteiger partial charge in [0.2, 0.25) is 0 Å². The summed E-state index contributed by atoms with van der Waals surface area (Å²) in [5, 5.41) is 10.4. The third-order valence-corrected chi connectivity index (χ3v) is 2.06. The molecule has 0 unspecified atom stereocenters. The Balaban J connectivity index is 2.43. The molecule has 0 saturated carbocycles. The minimum atomic E-state index is -0.495. The summed E-state index contributed by atoms with van der Waals surface area (Å²) in [6.45, 7) is 0. The van der Waals surface area contributed by atoms with Crippen LogP contribution in [0.5, 0.6) is 0 Å². The van der Waals surface area contributed by atoms with Gasteiger partial charge < -0.3 is 4.74 Å². The fraction of sp³-hybridized carbons (Fsp3) is 0.400. The molecule has 16 heavy (non-hydrogen) atoms. The fourth-order valence-electron chi connectivity index (χ4n) is 1.19. The molecule has 0 bridgehead atoms. The van der Waals surface area contributed by atoms with Crippen LogP contribution in [0.3, 0.4) is 0 Å². The molecule has 0 fully saturated rings. The smallest absolute Gasteiger partial charge is 0.305 e. The van der Waals surface area contributed by atoms with Gasteiger partial charge in [0.05, 0.1) is 12.0 Å². The molecule has 0 aliphatic carbocycles. The number of carbonyl (C=O) groups excluding carboxylic acids is 1. The topological polar surface area (TPSA) is 82.3 Å². The van der Waals surface area contributed by atoms with E-state index in [2.05, 4.69) is 9.72 Å². The first-order chi connectivity index (χ1) is 7.63. The van der Waals surface area contributed by atoms with E-state index >= 15 is 0 Å². The summed E-state index contributed by atoms with van der Waals surface area (Å²) in [5.41, 5.74) is 0.700. The van der Waals surface area contributed by atoms with Gasteiger partial charge in [-0.05, 0) is 18.9 Å². The normalized spacial score (nSPS) is 9.81. The number of nitro groups is 1. The summed E-state index contributed by atoms with van der Waals surface area (Å²) >= 11 is 0. The van der Waals surface area contributed by atoms with Crippen LogP contribution < -0.4 is 0 Å². The van der Waals surface area contributed by atoms with Crippen molar-refractivity contribution in [2.24, 2.45) is 0 Å². The molecule has 0 amide bonds. The lowest BCUT2D eigenvalue weighted by Crippen LogP contribution is -2.01. The Bertz CT molecular complexity index is 375. The van der Waals surface area contributed by atoms with E-state index in [4.69, 9.17) is 0 Å². The maximum atomic E-state index is 10.8. The summed E-state index contributed by atoms with van der Waals surface area (Å²) in [7, 11) is 1.34. The van der Waals surface area contributed by atoms with Crippen molar-refractivity contribution >= 4 is 11.7 Å². The predicted octanol–water partition coefficient (Wildman–Crippen LogP) is 1.49. The first-order valence-corrected chi connectivity index (χ1v) is 4.79. The summed E-state index contributed by atoms with van der Waals surface area (Å²) < 4.78 is 4.49. The third-order valence-electron chi connectivity index (χ3n) is 2.06. The van der Waals surface area contributed by atoms with Gasteiger partial charge in [-0.25, -0.2) is 0 Å². The number of pyridine rings is 1. The van der Waals surface area contributed by atoms with Crippen LogP contribution in [0.4, 0.5) is 5.69 Å². The van der Waals surface area contributed by atoms with E-state index in [1.54, 1.807) is 6.07 Å². The molecule has 0 aliphatic heterocycles. The fourth-order valence-corrected chi connectivity index (χ4v) is 1.19. The van der Waals surface area contributed by atoms with Crippen LogP contribution in [-0.2, 0) is 16.0 Å². The summed E-state index contributed by atoms with van der Waals surface area (Å²) in [6, 6.07) is 3.00. The Morgan fingerprint density at radius 1 is 1.56 bits per heavy atom. The first kappa shape index (κ1) is 12.1. The quantitative estimate of drug-likeness (QED) is 0.430. The molecule has 6 nitrogen and oxygen atoms in total. The van der Waals surface area contributed by atoms with Crippen LogP contribution in [0.1, 0.15) is 18.5 Å². The van der Waals surface area contributed by atoms with Crippen LogP contribution >= 0.6 is 0 Å². The van der Waals surface area contributed by atoms with Gasteiger partial charge in [0, 0.05) is 18.2 Å². The highest BCUT2D eigenvalue weighted by Gasteiger charge is 2.06. The lowest BCUT2D eigenvalue weighted by Gasteiger charge is -1.99. The number of nitrogens with zero attached hydrogens (tertiary/aromatic N) is 2. The molecular formula is C10H12N2O4. The van der Waals surface area contributed by atoms with E-state index in [0.29, 0.717) is 19.3 Å². The number of methoxy groups -OCH3 is 1. The van der Waals surface area contributed by atoms with Crippen molar-refractivity contribution in [1.82, 2.24) is 4.98 Å². The molecule has 0 atom stereocenters. The molecule has 1 rings (SSSR count). The van der Waals surface area contributed by atoms with Crippen LogP contribution in [0.25, 0.3) is 0 Å². The predicted molar refractivity (Wildman–Crippen MR) is 55.8 cm³/mol. The van der Waals surface area contributed by atoms with Crippen LogP contribution in [0, 0.1) is 10.1 Å². The number of hydrogen-bond donors (Lipinski definition) is 0. The minimum absolute atomic E-state index is 0.0308. The van der Waals surface area contributed by atoms with E-state index in [-0.39, 0.29) is 11.7 Å². The molecule has 0 spiro atoms. The van der Waals surface area contributed by atoms with Crippen molar-refractivity contribution in [3.63, 3.8) is 0 Å². The highest BCUT2D eigenvalue weighted by molar-refractivity contribution is 5.69. The van der Waals surface area contributed by atoms with E-state index in [1.165, 1.54) is 19.4 Å². The summed E-state index contributed by atoms with van der Waals surface area (Å²) in [5.74, 6) is -0.262. The molecule has 0 saturated heterocycles. The van der Waals surface area contributed by atoms with Gasteiger partial charge in [0.25, 0.3) is 5.69 Å². The van der Waals surface area contributed by atoms with Crippen molar-refractivity contribution in [2.75, 3.05) is 7.11 Å². The molecule has 0 N–H and O–H groups in total. The molecule has 1 heterocycles. The van der Waals surface area contributed by atoms with Crippen LogP contribution in [0.15, 0.2) is 18.3 Å². The zero-order chi connectivity index (χ0) is 12.0. The van der Waals surface area contributed by atoms with Gasteiger partial charge in [-0.1, -0.05) is 0 Å². The van der Waals surface area contributed by atoms with Gasteiger partial charge in [0.1, 0.15) is 6.20 Å². The minimum Gasteiger partial charge on any atom is -0.469 e. The molecule has 0 radical (unpaired) electrons. The standard InChI is InChI=1S/C10H12N2O4/c1-16-10(13)4-2-3-8-5-6-9(7-11-8)12(14)15/h5-7H,2-4H2,1H3. The van der Waals surface area contributed by atoms with E-state index < -0.39 is 4.92 Å². The number of ether oxygens (including phenoxy) is 1. The Labute approximate surface area is 92.4 Å². The number of aromatic nitrogens is 1. The maximum absolute atomic E-state index is 10.8. The molecular weight excluding hydrogens is 212 g/mol. The highest BCUT2D eigenvalue weighted by Crippen LogP contribution is 2.10. The second-order valence-corrected chi connectivity index (χ2v) is 3.19. The van der Waals surface area contributed by atoms with Gasteiger partial charge in [0.15, 0.2) is 0 Å². The molecule has 0 aliphatic rings. The third kappa shape index (κ3) is 3.64. The largest absolute Gasteiger partial charge is 0.469 e. The number of aryl methyl sites for hydroxylation is 1. The number of carbonyl (C=O) groups is 1. The Morgan fingerprint density at radius 2 is 2.31 bits per heavy atom. The molecule has 0 aromatic carbocycles. The number of hydrogen-bond acceptors (Lipinski definition) is 5. The zero-order valence-electron chi connectivity index (χ0n) is 8.88. The van der Waals surface area contributed by atoms with Crippen molar-refractivity contribution in [1.29, 1.82) is 0 Å². The second-order valence-electron chi connectivity index (χ2n) is 3.19. The van der Waals surface area contributed by atoms with Gasteiger partial charge in [-0.2, -0.15) is 0 Å². The SMILES string of the molecule is COC(=O)CCCc1ccc([N+](=O)[O-])cn1. The monoisotopic (exact) mass is 224 g/mol. The average molecular weight is 224 g/mol. The van der Waals surface area contributed by atoms with E-state index in [0.717, 1.165) is 5.69 Å². The van der Waals surface area contributed by atoms with E-state index in [1.807, 2.05) is 0 Å². The van der Waals surface area contributed by atoms with Gasteiger partial charge in [-0.15, -0.1) is 0 Å². The number of rotatable bonds is 5. The Morgan fingerprint density at radius 3 is 2.81 bits per heavy atom. The van der Waals surface area contributed by atoms with Crippen molar-refractivity contribution < 1.29 is 14.5 Å². The van der Waals surface area contributed by atoms with Crippen molar-refractivity contribution in [3.8, 4) is 0 Å². The lowest BCUT2D eigenvalue weighted by atomic mass is 10.2. The molecule has 6 heteroatoms. The van der Waals surface area contributed by atoms with Crippen LogP contribution in [-0.4, -0.2) is 23.0 Å². The zero-order valence-corrected chi connectivity index (χ0v) is 8.88. The Hall–Kier alpha value is -1.98. The second kappa shape index (κ2) is 5.79. The summed E-state index contributed by atoms with van der Waals surface area (Å²) in [6.07, 6.45) is 2.77. The lowest BCUT2D eigenvalue weighted by molar-refractivity contribution is -0.385. The molecule has 86 valence electrons.